The van der Waals surface area contributed by atoms with E-state index in [1.54, 1.807) is 7.11 Å². The van der Waals surface area contributed by atoms with Crippen molar-refractivity contribution in [3.05, 3.63) is 29.3 Å². The minimum atomic E-state index is -1.80. The van der Waals surface area contributed by atoms with Gasteiger partial charge in [0.2, 0.25) is 0 Å². The van der Waals surface area contributed by atoms with E-state index in [-0.39, 0.29) is 0 Å². The molecule has 19 heavy (non-hydrogen) atoms. The van der Waals surface area contributed by atoms with Gasteiger partial charge in [-0.25, -0.2) is 0 Å². The van der Waals surface area contributed by atoms with Gasteiger partial charge in [-0.3, -0.25) is 0 Å². The van der Waals surface area contributed by atoms with Gasteiger partial charge >= 0.3 is 0 Å². The van der Waals surface area contributed by atoms with E-state index in [0.717, 1.165) is 30.6 Å². The summed E-state index contributed by atoms with van der Waals surface area (Å²) in [7, 11) is -0.147. The molecular formula is C15H21NO2Si. The van der Waals surface area contributed by atoms with Crippen LogP contribution in [0.25, 0.3) is 0 Å². The molecule has 0 aliphatic heterocycles. The molecule has 1 unspecified atom stereocenters. The Morgan fingerprint density at radius 1 is 1.32 bits per heavy atom. The maximum atomic E-state index is 9.72. The van der Waals surface area contributed by atoms with Crippen LogP contribution in [0.15, 0.2) is 18.2 Å². The van der Waals surface area contributed by atoms with Gasteiger partial charge in [0.05, 0.1) is 7.11 Å². The normalized spacial score (nSPS) is 22.5. The molecular weight excluding hydrogens is 254 g/mol. The van der Waals surface area contributed by atoms with Crippen LogP contribution in [0, 0.1) is 11.3 Å². The Morgan fingerprint density at radius 3 is 2.63 bits per heavy atom. The Bertz CT molecular complexity index is 516. The Hall–Kier alpha value is -1.31. The molecule has 0 fully saturated rings. The fourth-order valence-electron chi connectivity index (χ4n) is 2.71. The van der Waals surface area contributed by atoms with Crippen LogP contribution in [0.1, 0.15) is 24.0 Å². The van der Waals surface area contributed by atoms with E-state index in [2.05, 4.69) is 31.8 Å². The first-order valence-corrected chi connectivity index (χ1v) is 10.1. The van der Waals surface area contributed by atoms with Crippen molar-refractivity contribution in [1.29, 1.82) is 5.26 Å². The summed E-state index contributed by atoms with van der Waals surface area (Å²) in [6.07, 6.45) is 2.78. The first-order valence-electron chi connectivity index (χ1n) is 6.69. The van der Waals surface area contributed by atoms with Gasteiger partial charge in [-0.1, -0.05) is 6.07 Å². The van der Waals surface area contributed by atoms with Gasteiger partial charge in [0.15, 0.2) is 13.9 Å². The maximum Gasteiger partial charge on any atom is 0.186 e. The third kappa shape index (κ3) is 2.83. The van der Waals surface area contributed by atoms with E-state index in [1.165, 1.54) is 5.56 Å². The zero-order valence-electron chi connectivity index (χ0n) is 12.1. The molecule has 1 aromatic rings. The third-order valence-electron chi connectivity index (χ3n) is 3.39. The molecule has 0 saturated heterocycles. The Labute approximate surface area is 116 Å². The van der Waals surface area contributed by atoms with E-state index in [0.29, 0.717) is 0 Å². The summed E-state index contributed by atoms with van der Waals surface area (Å²) in [6.45, 7) is 6.38. The predicted octanol–water partition coefficient (Wildman–Crippen LogP) is 3.60. The van der Waals surface area contributed by atoms with Crippen molar-refractivity contribution in [3.8, 4) is 11.8 Å². The van der Waals surface area contributed by atoms with Crippen molar-refractivity contribution in [3.63, 3.8) is 0 Å². The van der Waals surface area contributed by atoms with Crippen LogP contribution < -0.4 is 4.74 Å². The topological polar surface area (TPSA) is 42.2 Å². The number of rotatable bonds is 3. The lowest BCUT2D eigenvalue weighted by Gasteiger charge is -2.38. The van der Waals surface area contributed by atoms with Crippen molar-refractivity contribution >= 4 is 8.32 Å². The molecule has 2 rings (SSSR count). The Morgan fingerprint density at radius 2 is 2.05 bits per heavy atom. The largest absolute Gasteiger partial charge is 0.497 e. The summed E-state index contributed by atoms with van der Waals surface area (Å²) in [4.78, 5) is 0. The van der Waals surface area contributed by atoms with Crippen LogP contribution in [0.2, 0.25) is 19.6 Å². The predicted molar refractivity (Wildman–Crippen MR) is 77.7 cm³/mol. The molecule has 0 bridgehead atoms. The SMILES string of the molecule is COc1ccc2c(c1)C(C#N)(O[Si](C)(C)C)CCC2. The standard InChI is InChI=1S/C15H21NO2Si/c1-17-13-8-7-12-6-5-9-15(11-16,14(12)10-13)18-19(2,3)4/h7-8,10H,5-6,9H2,1-4H3. The highest BCUT2D eigenvalue weighted by molar-refractivity contribution is 6.69. The number of hydrogen-bond acceptors (Lipinski definition) is 3. The summed E-state index contributed by atoms with van der Waals surface area (Å²) < 4.78 is 11.6. The summed E-state index contributed by atoms with van der Waals surface area (Å²) in [6, 6.07) is 8.43. The molecule has 0 saturated carbocycles. The first-order chi connectivity index (χ1) is 8.90. The zero-order valence-corrected chi connectivity index (χ0v) is 13.1. The van der Waals surface area contributed by atoms with Gasteiger partial charge in [-0.15, -0.1) is 0 Å². The van der Waals surface area contributed by atoms with Crippen LogP contribution in [-0.4, -0.2) is 15.4 Å². The lowest BCUT2D eigenvalue weighted by atomic mass is 9.80. The van der Waals surface area contributed by atoms with E-state index in [9.17, 15) is 5.26 Å². The average Bonchev–Trinajstić information content (AvgIpc) is 2.37. The molecule has 4 heteroatoms. The zero-order chi connectivity index (χ0) is 14.1. The van der Waals surface area contributed by atoms with Crippen LogP contribution >= 0.6 is 0 Å². The van der Waals surface area contributed by atoms with Crippen molar-refractivity contribution in [2.75, 3.05) is 7.11 Å². The van der Waals surface area contributed by atoms with E-state index in [4.69, 9.17) is 9.16 Å². The second-order valence-corrected chi connectivity index (χ2v) is 10.5. The lowest BCUT2D eigenvalue weighted by molar-refractivity contribution is 0.0981. The molecule has 1 aromatic carbocycles. The lowest BCUT2D eigenvalue weighted by Crippen LogP contribution is -2.42. The molecule has 0 spiro atoms. The quantitative estimate of drug-likeness (QED) is 0.791. The molecule has 0 radical (unpaired) electrons. The third-order valence-corrected chi connectivity index (χ3v) is 4.35. The number of methoxy groups -OCH3 is 1. The number of hydrogen-bond donors (Lipinski definition) is 0. The number of nitrogens with zero attached hydrogens (tertiary/aromatic N) is 1. The van der Waals surface area contributed by atoms with Crippen LogP contribution in [0.3, 0.4) is 0 Å². The highest BCUT2D eigenvalue weighted by Crippen LogP contribution is 2.41. The summed E-state index contributed by atoms with van der Waals surface area (Å²) >= 11 is 0. The number of benzene rings is 1. The number of ether oxygens (including phenoxy) is 1. The van der Waals surface area contributed by atoms with Crippen LogP contribution in [0.5, 0.6) is 5.75 Å². The van der Waals surface area contributed by atoms with Gasteiger partial charge in [0.25, 0.3) is 0 Å². The van der Waals surface area contributed by atoms with Crippen molar-refractivity contribution in [2.45, 2.75) is 44.5 Å². The Balaban J connectivity index is 2.52. The molecule has 0 heterocycles. The molecule has 0 N–H and O–H groups in total. The van der Waals surface area contributed by atoms with Crippen LogP contribution in [-0.2, 0) is 16.4 Å². The molecule has 1 aliphatic carbocycles. The van der Waals surface area contributed by atoms with Gasteiger partial charge in [-0.05, 0) is 56.6 Å². The second kappa shape index (κ2) is 4.99. The van der Waals surface area contributed by atoms with Gasteiger partial charge in [0.1, 0.15) is 11.8 Å². The van der Waals surface area contributed by atoms with Crippen molar-refractivity contribution in [1.82, 2.24) is 0 Å². The van der Waals surface area contributed by atoms with Gasteiger partial charge in [-0.2, -0.15) is 5.26 Å². The highest BCUT2D eigenvalue weighted by atomic mass is 28.4. The fourth-order valence-corrected chi connectivity index (χ4v) is 4.01. The molecule has 1 atom stereocenters. The van der Waals surface area contributed by atoms with Crippen molar-refractivity contribution < 1.29 is 9.16 Å². The minimum Gasteiger partial charge on any atom is -0.497 e. The summed E-state index contributed by atoms with van der Waals surface area (Å²) in [5.41, 5.74) is 1.43. The molecule has 0 aromatic heterocycles. The first kappa shape index (κ1) is 14.1. The number of aryl methyl sites for hydroxylation is 1. The summed E-state index contributed by atoms with van der Waals surface area (Å²) in [5.74, 6) is 0.791. The van der Waals surface area contributed by atoms with E-state index in [1.807, 2.05) is 12.1 Å². The molecule has 0 amide bonds. The minimum absolute atomic E-state index is 0.772. The number of nitriles is 1. The molecule has 102 valence electrons. The van der Waals surface area contributed by atoms with Gasteiger partial charge in [0, 0.05) is 5.56 Å². The van der Waals surface area contributed by atoms with Crippen molar-refractivity contribution in [2.24, 2.45) is 0 Å². The van der Waals surface area contributed by atoms with E-state index >= 15 is 0 Å². The molecule has 3 nitrogen and oxygen atoms in total. The number of fused-ring (bicyclic) bond motifs is 1. The van der Waals surface area contributed by atoms with E-state index < -0.39 is 13.9 Å². The summed E-state index contributed by atoms with van der Waals surface area (Å²) in [5, 5.41) is 9.72. The maximum absolute atomic E-state index is 9.72. The Kier molecular flexibility index (Phi) is 3.70. The molecule has 1 aliphatic rings. The monoisotopic (exact) mass is 275 g/mol. The highest BCUT2D eigenvalue weighted by Gasteiger charge is 2.41. The van der Waals surface area contributed by atoms with Gasteiger partial charge < -0.3 is 9.16 Å². The second-order valence-electron chi connectivity index (χ2n) is 6.03. The average molecular weight is 275 g/mol. The fraction of sp³-hybridized carbons (Fsp3) is 0.533. The van der Waals surface area contributed by atoms with Crippen LogP contribution in [0.4, 0.5) is 0 Å². The smallest absolute Gasteiger partial charge is 0.186 e.